The zero-order chi connectivity index (χ0) is 23.9. The summed E-state index contributed by atoms with van der Waals surface area (Å²) in [5, 5.41) is 12.8. The van der Waals surface area contributed by atoms with Crippen molar-refractivity contribution in [2.45, 2.75) is 23.4 Å². The fraction of sp³-hybridized carbons (Fsp3) is 0.160. The molecule has 0 amide bonds. The minimum Gasteiger partial charge on any atom is -0.475 e. The predicted octanol–water partition coefficient (Wildman–Crippen LogP) is 5.29. The molecule has 0 aliphatic carbocycles. The number of carboxylic acids is 1. The molecule has 4 aromatic rings. The highest BCUT2D eigenvalue weighted by Gasteiger charge is 2.58. The molecule has 1 N–H and O–H groups in total. The van der Waals surface area contributed by atoms with Crippen LogP contribution in [0.5, 0.6) is 11.5 Å². The number of carbonyl (C=O) groups is 2. The van der Waals surface area contributed by atoms with E-state index in [2.05, 4.69) is 35.1 Å². The van der Waals surface area contributed by atoms with E-state index < -0.39 is 17.7 Å². The maximum atomic E-state index is 12.0. The summed E-state index contributed by atoms with van der Waals surface area (Å²) in [6.07, 6.45) is 0. The highest BCUT2D eigenvalue weighted by atomic mass is 32.2. The molecule has 1 aliphatic rings. The summed E-state index contributed by atoms with van der Waals surface area (Å²) in [6.45, 7) is 1.99. The number of aryl methyl sites for hydroxylation is 1. The molecule has 9 heteroatoms. The Hall–Kier alpha value is -3.56. The second-order valence-electron chi connectivity index (χ2n) is 7.60. The quantitative estimate of drug-likeness (QED) is 0.220. The van der Waals surface area contributed by atoms with Crippen LogP contribution < -0.4 is 9.47 Å². The molecule has 5 rings (SSSR count). The van der Waals surface area contributed by atoms with Crippen molar-refractivity contribution in [1.82, 2.24) is 4.98 Å². The molecule has 0 saturated carbocycles. The number of rotatable bonds is 6. The number of methoxy groups -OCH3 is 1. The molecule has 7 nitrogen and oxygen atoms in total. The first-order valence-corrected chi connectivity index (χ1v) is 12.1. The third-order valence-corrected chi connectivity index (χ3v) is 7.83. The first-order valence-electron chi connectivity index (χ1n) is 10.3. The predicted molar refractivity (Wildman–Crippen MR) is 129 cm³/mol. The largest absolute Gasteiger partial charge is 0.475 e. The summed E-state index contributed by atoms with van der Waals surface area (Å²) < 4.78 is 15.3. The van der Waals surface area contributed by atoms with Crippen LogP contribution in [0.3, 0.4) is 0 Å². The Balaban J connectivity index is 1.33. The maximum Gasteiger partial charge on any atom is 0.453 e. The average molecular weight is 494 g/mol. The number of ether oxygens (including phenoxy) is 3. The lowest BCUT2D eigenvalue weighted by Crippen LogP contribution is -2.54. The van der Waals surface area contributed by atoms with Crippen molar-refractivity contribution in [1.29, 1.82) is 0 Å². The summed E-state index contributed by atoms with van der Waals surface area (Å²) in [7, 11) is 1.08. The van der Waals surface area contributed by atoms with Gasteiger partial charge in [0, 0.05) is 21.1 Å². The summed E-state index contributed by atoms with van der Waals surface area (Å²) in [5.74, 6) is -4.21. The van der Waals surface area contributed by atoms with Gasteiger partial charge in [0.1, 0.15) is 5.01 Å². The molecular formula is C25H19NO6S2. The van der Waals surface area contributed by atoms with Gasteiger partial charge in [-0.1, -0.05) is 36.4 Å². The van der Waals surface area contributed by atoms with Gasteiger partial charge in [-0.3, -0.25) is 0 Å². The first kappa shape index (κ1) is 22.2. The molecule has 172 valence electrons. The molecule has 34 heavy (non-hydrogen) atoms. The van der Waals surface area contributed by atoms with Crippen LogP contribution in [0, 0.1) is 6.92 Å². The molecule has 1 atom stereocenters. The monoisotopic (exact) mass is 493 g/mol. The Labute approximate surface area is 203 Å². The normalized spacial score (nSPS) is 16.5. The van der Waals surface area contributed by atoms with Gasteiger partial charge >= 0.3 is 17.7 Å². The van der Waals surface area contributed by atoms with Crippen molar-refractivity contribution in [3.8, 4) is 22.1 Å². The molecule has 1 aliphatic heterocycles. The lowest BCUT2D eigenvalue weighted by molar-refractivity contribution is -0.196. The number of nitrogens with zero attached hydrogens (tertiary/aromatic N) is 1. The third kappa shape index (κ3) is 3.86. The molecule has 0 saturated heterocycles. The van der Waals surface area contributed by atoms with E-state index in [9.17, 15) is 14.7 Å². The number of carbonyl (C=O) groups excluding carboxylic acids is 1. The van der Waals surface area contributed by atoms with Crippen LogP contribution in [0.1, 0.15) is 10.6 Å². The standard InChI is InChI=1S/C25H19NO6S2/c1-14-21(34-22(26-14)17-8-7-15-5-3-4-6-16(15)11-17)13-33-18-9-10-19-20(12-18)32-25(31-19,23(27)28)24(29)30-2/h3-12H,13H2,1-2H3,(H,27,28). The van der Waals surface area contributed by atoms with Crippen molar-refractivity contribution in [2.75, 3.05) is 7.11 Å². The smallest absolute Gasteiger partial charge is 0.453 e. The molecule has 1 aromatic heterocycles. The van der Waals surface area contributed by atoms with Crippen LogP contribution in [-0.4, -0.2) is 34.9 Å². The number of esters is 1. The fourth-order valence-corrected chi connectivity index (χ4v) is 5.75. The number of benzene rings is 3. The summed E-state index contributed by atoms with van der Waals surface area (Å²) in [4.78, 5) is 30.4. The van der Waals surface area contributed by atoms with Crippen molar-refractivity contribution in [3.05, 3.63) is 71.2 Å². The van der Waals surface area contributed by atoms with Crippen molar-refractivity contribution >= 4 is 45.8 Å². The highest BCUT2D eigenvalue weighted by molar-refractivity contribution is 7.98. The third-order valence-electron chi connectivity index (χ3n) is 5.42. The molecule has 0 spiro atoms. The van der Waals surface area contributed by atoms with Gasteiger partial charge < -0.3 is 19.3 Å². The van der Waals surface area contributed by atoms with E-state index in [1.54, 1.807) is 41.3 Å². The number of carboxylic acid groups (broad SMARTS) is 1. The van der Waals surface area contributed by atoms with E-state index in [4.69, 9.17) is 14.5 Å². The van der Waals surface area contributed by atoms with E-state index in [1.807, 2.05) is 19.1 Å². The summed E-state index contributed by atoms with van der Waals surface area (Å²) in [6, 6.07) is 19.6. The Morgan fingerprint density at radius 1 is 1.06 bits per heavy atom. The minimum atomic E-state index is -2.52. The zero-order valence-electron chi connectivity index (χ0n) is 18.2. The molecular weight excluding hydrogens is 474 g/mol. The van der Waals surface area contributed by atoms with Crippen molar-refractivity contribution in [3.63, 3.8) is 0 Å². The highest BCUT2D eigenvalue weighted by Crippen LogP contribution is 2.43. The molecule has 0 bridgehead atoms. The van der Waals surface area contributed by atoms with E-state index in [0.29, 0.717) is 5.75 Å². The van der Waals surface area contributed by atoms with Gasteiger partial charge in [0.25, 0.3) is 0 Å². The summed E-state index contributed by atoms with van der Waals surface area (Å²) in [5.41, 5.74) is 2.05. The molecule has 2 heterocycles. The first-order chi connectivity index (χ1) is 16.4. The molecule has 0 radical (unpaired) electrons. The topological polar surface area (TPSA) is 95.0 Å². The number of fused-ring (bicyclic) bond motifs is 2. The number of hydrogen-bond acceptors (Lipinski definition) is 8. The second kappa shape index (κ2) is 8.66. The van der Waals surface area contributed by atoms with Crippen LogP contribution in [0.2, 0.25) is 0 Å². The van der Waals surface area contributed by atoms with Crippen LogP contribution in [-0.2, 0) is 20.1 Å². The number of thiazole rings is 1. The van der Waals surface area contributed by atoms with E-state index in [0.717, 1.165) is 33.1 Å². The Bertz CT molecular complexity index is 1430. The Morgan fingerprint density at radius 2 is 1.82 bits per heavy atom. The number of aliphatic carboxylic acids is 1. The van der Waals surface area contributed by atoms with E-state index in [-0.39, 0.29) is 11.5 Å². The van der Waals surface area contributed by atoms with Crippen LogP contribution >= 0.6 is 23.1 Å². The van der Waals surface area contributed by atoms with Gasteiger partial charge in [-0.15, -0.1) is 23.1 Å². The zero-order valence-corrected chi connectivity index (χ0v) is 19.9. The van der Waals surface area contributed by atoms with Gasteiger partial charge in [-0.25, -0.2) is 14.6 Å². The Morgan fingerprint density at radius 3 is 2.59 bits per heavy atom. The fourth-order valence-electron chi connectivity index (χ4n) is 3.62. The van der Waals surface area contributed by atoms with Gasteiger partial charge in [-0.05, 0) is 42.0 Å². The summed E-state index contributed by atoms with van der Waals surface area (Å²) >= 11 is 3.21. The van der Waals surface area contributed by atoms with Gasteiger partial charge in [0.2, 0.25) is 0 Å². The van der Waals surface area contributed by atoms with Gasteiger partial charge in [0.15, 0.2) is 11.5 Å². The van der Waals surface area contributed by atoms with Gasteiger partial charge in [-0.2, -0.15) is 0 Å². The van der Waals surface area contributed by atoms with Crippen molar-refractivity contribution < 1.29 is 28.9 Å². The Kier molecular flexibility index (Phi) is 5.66. The van der Waals surface area contributed by atoms with Crippen molar-refractivity contribution in [2.24, 2.45) is 0 Å². The van der Waals surface area contributed by atoms with Crippen LogP contribution in [0.4, 0.5) is 0 Å². The van der Waals surface area contributed by atoms with Gasteiger partial charge in [0.05, 0.1) is 12.8 Å². The lowest BCUT2D eigenvalue weighted by Gasteiger charge is -2.19. The number of thioether (sulfide) groups is 1. The van der Waals surface area contributed by atoms with E-state index >= 15 is 0 Å². The molecule has 3 aromatic carbocycles. The van der Waals surface area contributed by atoms with E-state index in [1.165, 1.54) is 10.8 Å². The minimum absolute atomic E-state index is 0.171. The molecule has 0 fully saturated rings. The molecule has 1 unspecified atom stereocenters. The van der Waals surface area contributed by atoms with Crippen LogP contribution in [0.15, 0.2) is 65.6 Å². The number of aromatic nitrogens is 1. The average Bonchev–Trinajstić information content (AvgIpc) is 3.42. The number of hydrogen-bond donors (Lipinski definition) is 1. The maximum absolute atomic E-state index is 12.0. The van der Waals surface area contributed by atoms with Crippen LogP contribution in [0.25, 0.3) is 21.3 Å². The lowest BCUT2D eigenvalue weighted by atomic mass is 10.1. The SMILES string of the molecule is COC(=O)C1(C(=O)O)Oc2ccc(SCc3sc(-c4ccc5ccccc5c4)nc3C)cc2O1. The second-order valence-corrected chi connectivity index (χ2v) is 9.74.